The van der Waals surface area contributed by atoms with Crippen LogP contribution in [0.4, 0.5) is 5.69 Å². The maximum Gasteiger partial charge on any atom is 0.235 e. The molecule has 3 aliphatic heterocycles. The zero-order valence-corrected chi connectivity index (χ0v) is 19.1. The predicted octanol–water partition coefficient (Wildman–Crippen LogP) is 1.60. The molecule has 2 aromatic rings. The molecule has 1 aromatic heterocycles. The van der Waals surface area contributed by atoms with Gasteiger partial charge in [0, 0.05) is 64.2 Å². The Bertz CT molecular complexity index is 1010. The van der Waals surface area contributed by atoms with Crippen molar-refractivity contribution >= 4 is 28.4 Å². The number of anilines is 1. The zero-order chi connectivity index (χ0) is 22.2. The topological polar surface area (TPSA) is 82.5 Å². The fourth-order valence-electron chi connectivity index (χ4n) is 5.71. The zero-order valence-electron chi connectivity index (χ0n) is 19.1. The van der Waals surface area contributed by atoms with E-state index in [9.17, 15) is 9.59 Å². The fourth-order valence-corrected chi connectivity index (χ4v) is 5.71. The number of piperazine rings is 1. The lowest BCUT2D eigenvalue weighted by Gasteiger charge is -2.38. The first-order valence-electron chi connectivity index (χ1n) is 12.0. The predicted molar refractivity (Wildman–Crippen MR) is 125 cm³/mol. The van der Waals surface area contributed by atoms with E-state index >= 15 is 0 Å². The minimum Gasteiger partial charge on any atom is -0.370 e. The number of hydrogen-bond donors (Lipinski definition) is 2. The molecular formula is C24H34N6O2. The van der Waals surface area contributed by atoms with Crippen LogP contribution < -0.4 is 15.5 Å². The Hall–Kier alpha value is -2.45. The Kier molecular flexibility index (Phi) is 5.90. The average Bonchev–Trinajstić information content (AvgIpc) is 3.11. The number of para-hydroxylation sites is 1. The number of nitrogens with one attached hydrogen (secondary N) is 2. The first-order valence-corrected chi connectivity index (χ1v) is 12.0. The molecule has 1 aromatic carbocycles. The summed E-state index contributed by atoms with van der Waals surface area (Å²) >= 11 is 0. The van der Waals surface area contributed by atoms with Gasteiger partial charge in [0.1, 0.15) is 0 Å². The van der Waals surface area contributed by atoms with Crippen molar-refractivity contribution in [2.75, 3.05) is 44.2 Å². The van der Waals surface area contributed by atoms with E-state index in [1.807, 2.05) is 11.7 Å². The van der Waals surface area contributed by atoms with Crippen molar-refractivity contribution in [3.05, 3.63) is 23.9 Å². The van der Waals surface area contributed by atoms with Crippen LogP contribution in [0.2, 0.25) is 0 Å². The van der Waals surface area contributed by atoms with E-state index in [1.54, 1.807) is 0 Å². The summed E-state index contributed by atoms with van der Waals surface area (Å²) in [5.74, 6) is -0.0276. The second kappa shape index (κ2) is 8.83. The van der Waals surface area contributed by atoms with E-state index in [2.05, 4.69) is 45.6 Å². The SMILES string of the molecule is C[C@H]1CN(CC2CCN(c3cccc4c(C5CCC(=O)NC5=O)nn(C)c34)CC2)CCN1. The quantitative estimate of drug-likeness (QED) is 0.706. The second-order valence-electron chi connectivity index (χ2n) is 9.73. The maximum absolute atomic E-state index is 12.5. The van der Waals surface area contributed by atoms with Gasteiger partial charge in [0.15, 0.2) is 0 Å². The third kappa shape index (κ3) is 4.13. The minimum absolute atomic E-state index is 0.190. The van der Waals surface area contributed by atoms with Crippen LogP contribution >= 0.6 is 0 Å². The fraction of sp³-hybridized carbons (Fsp3) is 0.625. The molecule has 1 unspecified atom stereocenters. The lowest BCUT2D eigenvalue weighted by molar-refractivity contribution is -0.134. The number of benzene rings is 1. The Labute approximate surface area is 189 Å². The number of aryl methyl sites for hydroxylation is 1. The number of fused-ring (bicyclic) bond motifs is 1. The highest BCUT2D eigenvalue weighted by Gasteiger charge is 2.32. The highest BCUT2D eigenvalue weighted by Crippen LogP contribution is 2.36. The summed E-state index contributed by atoms with van der Waals surface area (Å²) in [7, 11) is 1.96. The van der Waals surface area contributed by atoms with Gasteiger partial charge in [-0.3, -0.25) is 19.6 Å². The number of rotatable bonds is 4. The van der Waals surface area contributed by atoms with Crippen LogP contribution in [0.15, 0.2) is 18.2 Å². The van der Waals surface area contributed by atoms with Gasteiger partial charge in [0.25, 0.3) is 0 Å². The molecule has 4 heterocycles. The standard InChI is InChI=1S/C24H34N6O2/c1-16-14-29(13-10-25-16)15-17-8-11-30(12-9-17)20-5-3-4-18-22(27-28(2)23(18)20)19-6-7-21(31)26-24(19)32/h3-5,16-17,19,25H,6-15H2,1-2H3,(H,26,31,32)/t16-,19?/m0/s1. The Morgan fingerprint density at radius 2 is 1.94 bits per heavy atom. The molecule has 2 atom stereocenters. The van der Waals surface area contributed by atoms with E-state index in [1.165, 1.54) is 25.1 Å². The summed E-state index contributed by atoms with van der Waals surface area (Å²) in [6, 6.07) is 6.90. The summed E-state index contributed by atoms with van der Waals surface area (Å²) in [6.45, 7) is 8.97. The van der Waals surface area contributed by atoms with Crippen LogP contribution in [-0.4, -0.2) is 71.8 Å². The number of nitrogens with zero attached hydrogens (tertiary/aromatic N) is 4. The molecule has 5 rings (SSSR count). The van der Waals surface area contributed by atoms with Crippen LogP contribution in [0, 0.1) is 5.92 Å². The second-order valence-corrected chi connectivity index (χ2v) is 9.73. The highest BCUT2D eigenvalue weighted by atomic mass is 16.2. The first kappa shape index (κ1) is 21.4. The van der Waals surface area contributed by atoms with Gasteiger partial charge in [-0.2, -0.15) is 5.10 Å². The minimum atomic E-state index is -0.362. The van der Waals surface area contributed by atoms with E-state index < -0.39 is 0 Å². The van der Waals surface area contributed by atoms with Crippen molar-refractivity contribution in [2.45, 2.75) is 44.6 Å². The molecule has 0 spiro atoms. The molecule has 3 aliphatic rings. The van der Waals surface area contributed by atoms with E-state index in [4.69, 9.17) is 5.10 Å². The van der Waals surface area contributed by atoms with Crippen LogP contribution in [-0.2, 0) is 16.6 Å². The van der Waals surface area contributed by atoms with E-state index in [0.717, 1.165) is 55.2 Å². The van der Waals surface area contributed by atoms with Crippen LogP contribution in [0.1, 0.15) is 44.2 Å². The highest BCUT2D eigenvalue weighted by molar-refractivity contribution is 6.03. The normalized spacial score (nSPS) is 26.0. The monoisotopic (exact) mass is 438 g/mol. The third-order valence-corrected chi connectivity index (χ3v) is 7.37. The number of carbonyl (C=O) groups is 2. The van der Waals surface area contributed by atoms with Crippen molar-refractivity contribution in [2.24, 2.45) is 13.0 Å². The molecule has 3 saturated heterocycles. The van der Waals surface area contributed by atoms with Crippen molar-refractivity contribution in [3.63, 3.8) is 0 Å². The number of amides is 2. The lowest BCUT2D eigenvalue weighted by atomic mass is 9.92. The summed E-state index contributed by atoms with van der Waals surface area (Å²) < 4.78 is 1.91. The summed E-state index contributed by atoms with van der Waals surface area (Å²) in [6.07, 6.45) is 3.30. The van der Waals surface area contributed by atoms with Crippen LogP contribution in [0.5, 0.6) is 0 Å². The van der Waals surface area contributed by atoms with Crippen molar-refractivity contribution in [3.8, 4) is 0 Å². The number of piperidine rings is 2. The van der Waals surface area contributed by atoms with Gasteiger partial charge < -0.3 is 15.1 Å². The molecular weight excluding hydrogens is 404 g/mol. The molecule has 2 amide bonds. The van der Waals surface area contributed by atoms with Gasteiger partial charge in [-0.1, -0.05) is 12.1 Å². The summed E-state index contributed by atoms with van der Waals surface area (Å²) in [5.41, 5.74) is 3.07. The molecule has 0 saturated carbocycles. The van der Waals surface area contributed by atoms with Gasteiger partial charge in [-0.05, 0) is 38.2 Å². The smallest absolute Gasteiger partial charge is 0.235 e. The molecule has 8 heteroatoms. The lowest BCUT2D eigenvalue weighted by Crippen LogP contribution is -2.51. The molecule has 2 N–H and O–H groups in total. The van der Waals surface area contributed by atoms with Crippen molar-refractivity contribution in [1.29, 1.82) is 0 Å². The molecule has 172 valence electrons. The summed E-state index contributed by atoms with van der Waals surface area (Å²) in [4.78, 5) is 29.1. The largest absolute Gasteiger partial charge is 0.370 e. The van der Waals surface area contributed by atoms with Gasteiger partial charge >= 0.3 is 0 Å². The molecule has 0 bridgehead atoms. The average molecular weight is 439 g/mol. The molecule has 0 radical (unpaired) electrons. The third-order valence-electron chi connectivity index (χ3n) is 7.37. The van der Waals surface area contributed by atoms with Crippen LogP contribution in [0.3, 0.4) is 0 Å². The molecule has 3 fully saturated rings. The Balaban J connectivity index is 1.32. The Morgan fingerprint density at radius 3 is 2.69 bits per heavy atom. The first-order chi connectivity index (χ1) is 15.5. The van der Waals surface area contributed by atoms with E-state index in [0.29, 0.717) is 18.9 Å². The molecule has 0 aliphatic carbocycles. The van der Waals surface area contributed by atoms with Gasteiger partial charge in [-0.25, -0.2) is 0 Å². The number of aromatic nitrogens is 2. The Morgan fingerprint density at radius 1 is 1.12 bits per heavy atom. The number of carbonyl (C=O) groups excluding carboxylic acids is 2. The van der Waals surface area contributed by atoms with Crippen molar-refractivity contribution < 1.29 is 9.59 Å². The molecule has 8 nitrogen and oxygen atoms in total. The number of imide groups is 1. The number of hydrogen-bond acceptors (Lipinski definition) is 6. The van der Waals surface area contributed by atoms with E-state index in [-0.39, 0.29) is 17.7 Å². The van der Waals surface area contributed by atoms with Gasteiger partial charge in [0.2, 0.25) is 11.8 Å². The van der Waals surface area contributed by atoms with Crippen molar-refractivity contribution in [1.82, 2.24) is 25.3 Å². The maximum atomic E-state index is 12.5. The summed E-state index contributed by atoms with van der Waals surface area (Å²) in [5, 5.41) is 11.8. The van der Waals surface area contributed by atoms with Gasteiger partial charge in [-0.15, -0.1) is 0 Å². The van der Waals surface area contributed by atoms with Gasteiger partial charge in [0.05, 0.1) is 22.8 Å². The molecule has 32 heavy (non-hydrogen) atoms. The van der Waals surface area contributed by atoms with Crippen LogP contribution in [0.25, 0.3) is 10.9 Å².